The Kier molecular flexibility index (Phi) is 4.32. The second-order valence-corrected chi connectivity index (χ2v) is 4.36. The Balaban J connectivity index is 2.58. The summed E-state index contributed by atoms with van der Waals surface area (Å²) < 4.78 is 0. The zero-order valence-corrected chi connectivity index (χ0v) is 9.39. The lowest BCUT2D eigenvalue weighted by atomic mass is 10.0. The van der Waals surface area contributed by atoms with Gasteiger partial charge in [0.2, 0.25) is 5.12 Å². The van der Waals surface area contributed by atoms with E-state index in [-0.39, 0.29) is 10.9 Å². The van der Waals surface area contributed by atoms with E-state index in [1.54, 1.807) is 6.92 Å². The highest BCUT2D eigenvalue weighted by atomic mass is 32.2. The van der Waals surface area contributed by atoms with Crippen LogP contribution < -0.4 is 0 Å². The van der Waals surface area contributed by atoms with Crippen molar-refractivity contribution in [1.82, 2.24) is 0 Å². The van der Waals surface area contributed by atoms with E-state index in [9.17, 15) is 9.59 Å². The minimum atomic E-state index is -0.545. The van der Waals surface area contributed by atoms with Crippen molar-refractivity contribution >= 4 is 28.4 Å². The largest absolute Gasteiger partial charge is 0.297 e. The van der Waals surface area contributed by atoms with Gasteiger partial charge >= 0.3 is 0 Å². The minimum Gasteiger partial charge on any atom is -0.297 e. The van der Waals surface area contributed by atoms with E-state index in [0.29, 0.717) is 11.5 Å². The molecule has 1 rings (SSSR count). The van der Waals surface area contributed by atoms with Crippen molar-refractivity contribution in [3.8, 4) is 0 Å². The van der Waals surface area contributed by atoms with E-state index in [4.69, 9.17) is 0 Å². The fourth-order valence-electron chi connectivity index (χ4n) is 1.35. The Bertz CT molecular complexity index is 257. The van der Waals surface area contributed by atoms with E-state index in [1.807, 2.05) is 0 Å². The number of aliphatic imine (C=N–C) groups is 1. The molecule has 1 fully saturated rings. The molecular weight excluding hydrogens is 198 g/mol. The predicted molar refractivity (Wildman–Crippen MR) is 58.8 cm³/mol. The number of Topliss-reactive ketones (excluding diaryl/α,β-unsaturated/α-hetero) is 1. The highest BCUT2D eigenvalue weighted by Crippen LogP contribution is 2.23. The molecule has 0 aromatic carbocycles. The summed E-state index contributed by atoms with van der Waals surface area (Å²) in [6.45, 7) is 4.60. The first-order chi connectivity index (χ1) is 6.66. The van der Waals surface area contributed by atoms with Crippen LogP contribution in [0.3, 0.4) is 0 Å². The fourth-order valence-corrected chi connectivity index (χ4v) is 2.27. The van der Waals surface area contributed by atoms with E-state index in [0.717, 1.165) is 31.1 Å². The van der Waals surface area contributed by atoms with Crippen molar-refractivity contribution in [2.45, 2.75) is 26.7 Å². The number of ketones is 1. The molecule has 0 radical (unpaired) electrons. The van der Waals surface area contributed by atoms with E-state index >= 15 is 0 Å². The third-order valence-electron chi connectivity index (χ3n) is 2.21. The number of carbonyl (C=O) groups excluding carboxylic acids is 2. The topological polar surface area (TPSA) is 46.5 Å². The Morgan fingerprint density at radius 2 is 2.29 bits per heavy atom. The van der Waals surface area contributed by atoms with Gasteiger partial charge in [0, 0.05) is 12.3 Å². The Morgan fingerprint density at radius 1 is 1.57 bits per heavy atom. The standard InChI is InChI=1S/C10H15NO2S/c1-3-4-5-11-7(2)9-8(12)6-14-10(9)13/h9H,3-6H2,1-2H3. The maximum Gasteiger partial charge on any atom is 0.205 e. The van der Waals surface area contributed by atoms with Crippen LogP contribution in [0.1, 0.15) is 26.7 Å². The Labute approximate surface area is 88.4 Å². The Morgan fingerprint density at radius 3 is 2.79 bits per heavy atom. The second-order valence-electron chi connectivity index (χ2n) is 3.38. The lowest BCUT2D eigenvalue weighted by Crippen LogP contribution is -2.23. The van der Waals surface area contributed by atoms with Crippen molar-refractivity contribution < 1.29 is 9.59 Å². The SMILES string of the molecule is CCCCN=C(C)C1C(=O)CSC1=O. The number of nitrogens with zero attached hydrogens (tertiary/aromatic N) is 1. The molecule has 0 aromatic rings. The number of hydrogen-bond acceptors (Lipinski definition) is 4. The van der Waals surface area contributed by atoms with E-state index in [2.05, 4.69) is 11.9 Å². The molecule has 0 aromatic heterocycles. The molecule has 1 unspecified atom stereocenters. The van der Waals surface area contributed by atoms with Gasteiger partial charge in [0.1, 0.15) is 5.92 Å². The van der Waals surface area contributed by atoms with Gasteiger partial charge in [-0.2, -0.15) is 0 Å². The van der Waals surface area contributed by atoms with Crippen LogP contribution in [0.25, 0.3) is 0 Å². The van der Waals surface area contributed by atoms with E-state index < -0.39 is 5.92 Å². The summed E-state index contributed by atoms with van der Waals surface area (Å²) in [5, 5.41) is -0.0345. The van der Waals surface area contributed by atoms with Crippen LogP contribution in [-0.2, 0) is 9.59 Å². The fraction of sp³-hybridized carbons (Fsp3) is 0.700. The lowest BCUT2D eigenvalue weighted by molar-refractivity contribution is -0.122. The zero-order chi connectivity index (χ0) is 10.6. The molecule has 0 N–H and O–H groups in total. The van der Waals surface area contributed by atoms with Gasteiger partial charge in [-0.15, -0.1) is 0 Å². The maximum absolute atomic E-state index is 11.3. The molecule has 14 heavy (non-hydrogen) atoms. The molecule has 1 atom stereocenters. The van der Waals surface area contributed by atoms with Crippen LogP contribution in [-0.4, -0.2) is 28.9 Å². The van der Waals surface area contributed by atoms with Crippen molar-refractivity contribution in [2.24, 2.45) is 10.9 Å². The number of rotatable bonds is 4. The van der Waals surface area contributed by atoms with Gasteiger partial charge in [-0.05, 0) is 13.3 Å². The van der Waals surface area contributed by atoms with Crippen LogP contribution in [0.4, 0.5) is 0 Å². The molecule has 4 heteroatoms. The highest BCUT2D eigenvalue weighted by Gasteiger charge is 2.35. The van der Waals surface area contributed by atoms with Gasteiger partial charge in [-0.25, -0.2) is 0 Å². The van der Waals surface area contributed by atoms with Crippen LogP contribution in [0, 0.1) is 5.92 Å². The summed E-state index contributed by atoms with van der Waals surface area (Å²) in [6, 6.07) is 0. The molecular formula is C10H15NO2S. The summed E-state index contributed by atoms with van der Waals surface area (Å²) in [4.78, 5) is 26.9. The van der Waals surface area contributed by atoms with Crippen molar-refractivity contribution in [3.05, 3.63) is 0 Å². The first-order valence-corrected chi connectivity index (χ1v) is 5.85. The molecule has 78 valence electrons. The van der Waals surface area contributed by atoms with E-state index in [1.165, 1.54) is 0 Å². The molecule has 1 aliphatic heterocycles. The third-order valence-corrected chi connectivity index (χ3v) is 3.15. The molecule has 0 amide bonds. The predicted octanol–water partition coefficient (Wildman–Crippen LogP) is 1.71. The van der Waals surface area contributed by atoms with Gasteiger partial charge in [-0.3, -0.25) is 14.6 Å². The van der Waals surface area contributed by atoms with Gasteiger partial charge in [-0.1, -0.05) is 25.1 Å². The summed E-state index contributed by atoms with van der Waals surface area (Å²) in [5.74, 6) is -0.209. The van der Waals surface area contributed by atoms with Gasteiger partial charge < -0.3 is 0 Å². The molecule has 3 nitrogen and oxygen atoms in total. The molecule has 0 spiro atoms. The second kappa shape index (κ2) is 5.29. The van der Waals surface area contributed by atoms with Crippen LogP contribution in [0.2, 0.25) is 0 Å². The first kappa shape index (κ1) is 11.4. The van der Waals surface area contributed by atoms with Gasteiger partial charge in [0.15, 0.2) is 5.78 Å². The molecule has 0 saturated carbocycles. The highest BCUT2D eigenvalue weighted by molar-refractivity contribution is 8.15. The number of hydrogen-bond donors (Lipinski definition) is 0. The smallest absolute Gasteiger partial charge is 0.205 e. The van der Waals surface area contributed by atoms with Crippen molar-refractivity contribution in [1.29, 1.82) is 0 Å². The molecule has 0 aliphatic carbocycles. The number of thioether (sulfide) groups is 1. The average molecular weight is 213 g/mol. The van der Waals surface area contributed by atoms with Gasteiger partial charge in [0.25, 0.3) is 0 Å². The van der Waals surface area contributed by atoms with Crippen molar-refractivity contribution in [2.75, 3.05) is 12.3 Å². The summed E-state index contributed by atoms with van der Waals surface area (Å²) in [7, 11) is 0. The molecule has 1 saturated heterocycles. The third kappa shape index (κ3) is 2.67. The zero-order valence-electron chi connectivity index (χ0n) is 8.58. The molecule has 1 heterocycles. The Hall–Kier alpha value is -0.640. The monoisotopic (exact) mass is 213 g/mol. The normalized spacial score (nSPS) is 23.3. The van der Waals surface area contributed by atoms with Crippen LogP contribution in [0.5, 0.6) is 0 Å². The van der Waals surface area contributed by atoms with Crippen molar-refractivity contribution in [3.63, 3.8) is 0 Å². The summed E-state index contributed by atoms with van der Waals surface area (Å²) in [5.41, 5.74) is 0.693. The van der Waals surface area contributed by atoms with Crippen LogP contribution in [0.15, 0.2) is 4.99 Å². The van der Waals surface area contributed by atoms with Crippen LogP contribution >= 0.6 is 11.8 Å². The number of carbonyl (C=O) groups is 2. The summed E-state index contributed by atoms with van der Waals surface area (Å²) >= 11 is 1.11. The molecule has 0 bridgehead atoms. The summed E-state index contributed by atoms with van der Waals surface area (Å²) in [6.07, 6.45) is 2.09. The van der Waals surface area contributed by atoms with Gasteiger partial charge in [0.05, 0.1) is 5.75 Å². The average Bonchev–Trinajstić information content (AvgIpc) is 2.46. The maximum atomic E-state index is 11.3. The first-order valence-electron chi connectivity index (χ1n) is 4.87. The quantitative estimate of drug-likeness (QED) is 0.406. The minimum absolute atomic E-state index is 0.0118. The molecule has 1 aliphatic rings. The number of unbranched alkanes of at least 4 members (excludes halogenated alkanes) is 1. The lowest BCUT2D eigenvalue weighted by Gasteiger charge is -2.04.